The van der Waals surface area contributed by atoms with E-state index in [9.17, 15) is 9.59 Å². The van der Waals surface area contributed by atoms with Crippen molar-refractivity contribution in [2.75, 3.05) is 12.0 Å². The highest BCUT2D eigenvalue weighted by Crippen LogP contribution is 2.37. The van der Waals surface area contributed by atoms with Crippen LogP contribution in [0.5, 0.6) is 5.75 Å². The SMILES string of the molecule is CCc1nnc(-c2ccc(OC)c(N3C(=O)c4ccccc4C3=O)c2)o1. The summed E-state index contributed by atoms with van der Waals surface area (Å²) in [6.45, 7) is 1.91. The summed E-state index contributed by atoms with van der Waals surface area (Å²) < 4.78 is 10.9. The van der Waals surface area contributed by atoms with Crippen molar-refractivity contribution in [1.29, 1.82) is 0 Å². The molecule has 130 valence electrons. The molecule has 7 nitrogen and oxygen atoms in total. The summed E-state index contributed by atoms with van der Waals surface area (Å²) in [6, 6.07) is 11.8. The number of anilines is 1. The standard InChI is InChI=1S/C19H15N3O4/c1-3-16-20-21-17(26-16)11-8-9-15(25-2)14(10-11)22-18(23)12-6-4-5-7-13(12)19(22)24/h4-10H,3H2,1-2H3. The molecule has 7 heteroatoms. The first kappa shape index (κ1) is 16.0. The number of aryl methyl sites for hydroxylation is 1. The highest BCUT2D eigenvalue weighted by atomic mass is 16.5. The smallest absolute Gasteiger partial charge is 0.266 e. The lowest BCUT2D eigenvalue weighted by atomic mass is 10.1. The Balaban J connectivity index is 1.82. The van der Waals surface area contributed by atoms with Gasteiger partial charge in [-0.3, -0.25) is 9.59 Å². The number of methoxy groups -OCH3 is 1. The van der Waals surface area contributed by atoms with E-state index in [1.165, 1.54) is 7.11 Å². The monoisotopic (exact) mass is 349 g/mol. The molecular weight excluding hydrogens is 334 g/mol. The maximum absolute atomic E-state index is 12.8. The van der Waals surface area contributed by atoms with Gasteiger partial charge in [0.25, 0.3) is 11.8 Å². The zero-order valence-electron chi connectivity index (χ0n) is 14.2. The fraction of sp³-hybridized carbons (Fsp3) is 0.158. The summed E-state index contributed by atoms with van der Waals surface area (Å²) in [4.78, 5) is 26.7. The fourth-order valence-corrected chi connectivity index (χ4v) is 2.92. The minimum Gasteiger partial charge on any atom is -0.495 e. The van der Waals surface area contributed by atoms with Gasteiger partial charge in [-0.1, -0.05) is 19.1 Å². The number of carbonyl (C=O) groups is 2. The predicted octanol–water partition coefficient (Wildman–Crippen LogP) is 3.11. The average Bonchev–Trinajstić information content (AvgIpc) is 3.25. The predicted molar refractivity (Wildman–Crippen MR) is 93.2 cm³/mol. The van der Waals surface area contributed by atoms with Crippen molar-refractivity contribution in [3.05, 3.63) is 59.5 Å². The van der Waals surface area contributed by atoms with Gasteiger partial charge in [-0.15, -0.1) is 10.2 Å². The number of ether oxygens (including phenoxy) is 1. The number of carbonyl (C=O) groups excluding carboxylic acids is 2. The first-order valence-electron chi connectivity index (χ1n) is 8.12. The topological polar surface area (TPSA) is 85.5 Å². The Morgan fingerprint density at radius 3 is 2.31 bits per heavy atom. The van der Waals surface area contributed by atoms with Gasteiger partial charge in [0.15, 0.2) is 0 Å². The van der Waals surface area contributed by atoms with E-state index in [0.29, 0.717) is 46.3 Å². The third kappa shape index (κ3) is 2.36. The van der Waals surface area contributed by atoms with Gasteiger partial charge in [-0.2, -0.15) is 0 Å². The van der Waals surface area contributed by atoms with Gasteiger partial charge in [0.1, 0.15) is 5.75 Å². The highest BCUT2D eigenvalue weighted by Gasteiger charge is 2.38. The quantitative estimate of drug-likeness (QED) is 0.673. The summed E-state index contributed by atoms with van der Waals surface area (Å²) in [5, 5.41) is 7.96. The molecule has 0 bridgehead atoms. The van der Waals surface area contributed by atoms with Crippen LogP contribution in [0.15, 0.2) is 46.9 Å². The molecule has 0 atom stereocenters. The van der Waals surface area contributed by atoms with Crippen LogP contribution < -0.4 is 9.64 Å². The van der Waals surface area contributed by atoms with E-state index in [-0.39, 0.29) is 11.8 Å². The summed E-state index contributed by atoms with van der Waals surface area (Å²) >= 11 is 0. The van der Waals surface area contributed by atoms with Crippen molar-refractivity contribution in [3.8, 4) is 17.2 Å². The molecule has 0 fully saturated rings. The fourth-order valence-electron chi connectivity index (χ4n) is 2.92. The van der Waals surface area contributed by atoms with Crippen molar-refractivity contribution < 1.29 is 18.7 Å². The minimum absolute atomic E-state index is 0.322. The van der Waals surface area contributed by atoms with Crippen LogP contribution in [0.1, 0.15) is 33.5 Å². The number of fused-ring (bicyclic) bond motifs is 1. The molecule has 0 saturated heterocycles. The molecule has 0 saturated carbocycles. The van der Waals surface area contributed by atoms with Crippen LogP contribution in [0.4, 0.5) is 5.69 Å². The summed E-state index contributed by atoms with van der Waals surface area (Å²) in [7, 11) is 1.48. The number of rotatable bonds is 4. The Labute approximate surface area is 149 Å². The molecule has 1 aromatic heterocycles. The Bertz CT molecular complexity index is 990. The maximum atomic E-state index is 12.8. The zero-order chi connectivity index (χ0) is 18.3. The molecule has 1 aliphatic heterocycles. The molecule has 2 aromatic carbocycles. The molecule has 1 aliphatic rings. The van der Waals surface area contributed by atoms with Gasteiger partial charge < -0.3 is 9.15 Å². The Morgan fingerprint density at radius 2 is 1.73 bits per heavy atom. The van der Waals surface area contributed by atoms with E-state index >= 15 is 0 Å². The van der Waals surface area contributed by atoms with E-state index < -0.39 is 0 Å². The summed E-state index contributed by atoms with van der Waals surface area (Å²) in [5.41, 5.74) is 1.68. The molecule has 0 N–H and O–H groups in total. The molecule has 2 amide bonds. The summed E-state index contributed by atoms with van der Waals surface area (Å²) in [6.07, 6.45) is 0.619. The average molecular weight is 349 g/mol. The molecule has 0 spiro atoms. The maximum Gasteiger partial charge on any atom is 0.266 e. The molecule has 4 rings (SSSR count). The van der Waals surface area contributed by atoms with Gasteiger partial charge in [-0.05, 0) is 30.3 Å². The van der Waals surface area contributed by atoms with Gasteiger partial charge in [0, 0.05) is 12.0 Å². The third-order valence-corrected chi connectivity index (χ3v) is 4.23. The van der Waals surface area contributed by atoms with Crippen molar-refractivity contribution in [3.63, 3.8) is 0 Å². The number of hydrogen-bond acceptors (Lipinski definition) is 6. The number of aromatic nitrogens is 2. The lowest BCUT2D eigenvalue weighted by Crippen LogP contribution is -2.29. The van der Waals surface area contributed by atoms with Crippen LogP contribution in [-0.2, 0) is 6.42 Å². The first-order chi connectivity index (χ1) is 12.6. The Hall–Kier alpha value is -3.48. The molecule has 0 radical (unpaired) electrons. The van der Waals surface area contributed by atoms with Crippen molar-refractivity contribution in [2.45, 2.75) is 13.3 Å². The Morgan fingerprint density at radius 1 is 1.04 bits per heavy atom. The van der Waals surface area contributed by atoms with Crippen molar-refractivity contribution in [2.24, 2.45) is 0 Å². The third-order valence-electron chi connectivity index (χ3n) is 4.23. The highest BCUT2D eigenvalue weighted by molar-refractivity contribution is 6.34. The van der Waals surface area contributed by atoms with Crippen molar-refractivity contribution >= 4 is 17.5 Å². The minimum atomic E-state index is -0.388. The zero-order valence-corrected chi connectivity index (χ0v) is 14.2. The molecule has 3 aromatic rings. The number of amides is 2. The lowest BCUT2D eigenvalue weighted by molar-refractivity contribution is 0.0925. The van der Waals surface area contributed by atoms with E-state index in [4.69, 9.17) is 9.15 Å². The normalized spacial score (nSPS) is 13.2. The number of benzene rings is 2. The van der Waals surface area contributed by atoms with Gasteiger partial charge >= 0.3 is 0 Å². The van der Waals surface area contributed by atoms with Crippen molar-refractivity contribution in [1.82, 2.24) is 10.2 Å². The number of nitrogens with zero attached hydrogens (tertiary/aromatic N) is 3. The second-order valence-corrected chi connectivity index (χ2v) is 5.73. The van der Waals surface area contributed by atoms with Gasteiger partial charge in [0.2, 0.25) is 11.8 Å². The Kier molecular flexibility index (Phi) is 3.76. The van der Waals surface area contributed by atoms with E-state index in [1.807, 2.05) is 6.92 Å². The van der Waals surface area contributed by atoms with Gasteiger partial charge in [-0.25, -0.2) is 4.90 Å². The van der Waals surface area contributed by atoms with Crippen LogP contribution in [0.25, 0.3) is 11.5 Å². The van der Waals surface area contributed by atoms with E-state index in [2.05, 4.69) is 10.2 Å². The second kappa shape index (κ2) is 6.11. The van der Waals surface area contributed by atoms with Crippen LogP contribution in [0.3, 0.4) is 0 Å². The molecule has 0 unspecified atom stereocenters. The lowest BCUT2D eigenvalue weighted by Gasteiger charge is -2.18. The number of hydrogen-bond donors (Lipinski definition) is 0. The largest absolute Gasteiger partial charge is 0.495 e. The van der Waals surface area contributed by atoms with E-state index in [0.717, 1.165) is 4.90 Å². The molecule has 0 aliphatic carbocycles. The number of imide groups is 1. The van der Waals surface area contributed by atoms with E-state index in [1.54, 1.807) is 42.5 Å². The van der Waals surface area contributed by atoms with Crippen LogP contribution in [0, 0.1) is 0 Å². The van der Waals surface area contributed by atoms with Crippen LogP contribution in [0.2, 0.25) is 0 Å². The van der Waals surface area contributed by atoms with Crippen LogP contribution >= 0.6 is 0 Å². The summed E-state index contributed by atoms with van der Waals surface area (Å²) in [5.74, 6) is 0.459. The molecular formula is C19H15N3O4. The van der Waals surface area contributed by atoms with Crippen LogP contribution in [-0.4, -0.2) is 29.1 Å². The second-order valence-electron chi connectivity index (χ2n) is 5.73. The first-order valence-corrected chi connectivity index (χ1v) is 8.12. The van der Waals surface area contributed by atoms with Gasteiger partial charge in [0.05, 0.1) is 23.9 Å². The molecule has 2 heterocycles. The molecule has 26 heavy (non-hydrogen) atoms.